The first-order valence-corrected chi connectivity index (χ1v) is 3.73. The van der Waals surface area contributed by atoms with Gasteiger partial charge in [0.1, 0.15) is 6.10 Å². The average molecular weight is 141 g/mol. The van der Waals surface area contributed by atoms with E-state index in [0.717, 1.165) is 12.8 Å². The third-order valence-electron chi connectivity index (χ3n) is 2.03. The molecule has 0 bridgehead atoms. The molecule has 0 aromatic rings. The van der Waals surface area contributed by atoms with Crippen LogP contribution in [0, 0.1) is 0 Å². The summed E-state index contributed by atoms with van der Waals surface area (Å²) < 4.78 is 5.44. The second-order valence-electron chi connectivity index (χ2n) is 2.84. The van der Waals surface area contributed by atoms with Gasteiger partial charge >= 0.3 is 0 Å². The first-order chi connectivity index (χ1) is 4.86. The minimum absolute atomic E-state index is 0.240. The van der Waals surface area contributed by atoms with E-state index in [1.165, 1.54) is 6.42 Å². The Morgan fingerprint density at radius 2 is 2.20 bits per heavy atom. The van der Waals surface area contributed by atoms with Crippen LogP contribution in [0.4, 0.5) is 0 Å². The molecule has 2 aliphatic rings. The first-order valence-electron chi connectivity index (χ1n) is 3.73. The standard InChI is InChI=1S/C7H11NO2/c1-5-8-10-7-4-2-3-6(7)9-5/h6-7H,2-4H2,1H3. The monoisotopic (exact) mass is 141 g/mol. The summed E-state index contributed by atoms with van der Waals surface area (Å²) in [6, 6.07) is 0. The van der Waals surface area contributed by atoms with Gasteiger partial charge in [-0.3, -0.25) is 0 Å². The van der Waals surface area contributed by atoms with E-state index in [4.69, 9.17) is 9.57 Å². The Kier molecular flexibility index (Phi) is 1.29. The van der Waals surface area contributed by atoms with E-state index in [9.17, 15) is 0 Å². The Hall–Kier alpha value is -0.730. The van der Waals surface area contributed by atoms with Gasteiger partial charge in [0, 0.05) is 6.92 Å². The summed E-state index contributed by atoms with van der Waals surface area (Å²) in [5, 5.41) is 3.77. The van der Waals surface area contributed by atoms with Gasteiger partial charge in [-0.1, -0.05) is 5.16 Å². The largest absolute Gasteiger partial charge is 0.471 e. The second kappa shape index (κ2) is 2.15. The lowest BCUT2D eigenvalue weighted by molar-refractivity contribution is -0.0431. The van der Waals surface area contributed by atoms with Crippen LogP contribution in [0.1, 0.15) is 26.2 Å². The Morgan fingerprint density at radius 1 is 1.40 bits per heavy atom. The van der Waals surface area contributed by atoms with Crippen LogP contribution in [0.15, 0.2) is 5.16 Å². The van der Waals surface area contributed by atoms with Crippen molar-refractivity contribution in [3.63, 3.8) is 0 Å². The Balaban J connectivity index is 2.08. The molecule has 1 fully saturated rings. The zero-order chi connectivity index (χ0) is 6.97. The Morgan fingerprint density at radius 3 is 3.10 bits per heavy atom. The van der Waals surface area contributed by atoms with Gasteiger partial charge in [-0.2, -0.15) is 0 Å². The minimum Gasteiger partial charge on any atom is -0.471 e. The highest BCUT2D eigenvalue weighted by Gasteiger charge is 2.33. The fourth-order valence-corrected chi connectivity index (χ4v) is 1.53. The molecule has 0 spiro atoms. The highest BCUT2D eigenvalue weighted by molar-refractivity contribution is 5.73. The van der Waals surface area contributed by atoms with E-state index in [1.807, 2.05) is 6.92 Å². The molecule has 0 radical (unpaired) electrons. The maximum atomic E-state index is 5.44. The second-order valence-corrected chi connectivity index (χ2v) is 2.84. The molecule has 3 nitrogen and oxygen atoms in total. The summed E-state index contributed by atoms with van der Waals surface area (Å²) in [7, 11) is 0. The molecule has 1 aliphatic carbocycles. The first kappa shape index (κ1) is 6.01. The van der Waals surface area contributed by atoms with Crippen molar-refractivity contribution in [2.45, 2.75) is 38.4 Å². The molecule has 0 aromatic heterocycles. The Bertz CT molecular complexity index is 167. The maximum Gasteiger partial charge on any atom is 0.222 e. The fourth-order valence-electron chi connectivity index (χ4n) is 1.53. The van der Waals surface area contributed by atoms with Gasteiger partial charge < -0.3 is 9.57 Å². The van der Waals surface area contributed by atoms with Crippen molar-refractivity contribution in [3.8, 4) is 0 Å². The predicted octanol–water partition coefficient (Wildman–Crippen LogP) is 1.29. The number of rotatable bonds is 0. The normalized spacial score (nSPS) is 37.5. The van der Waals surface area contributed by atoms with E-state index in [1.54, 1.807) is 0 Å². The zero-order valence-electron chi connectivity index (χ0n) is 6.04. The summed E-state index contributed by atoms with van der Waals surface area (Å²) >= 11 is 0. The third-order valence-corrected chi connectivity index (χ3v) is 2.03. The van der Waals surface area contributed by atoms with Gasteiger partial charge in [0.05, 0.1) is 0 Å². The molecule has 56 valence electrons. The molecule has 10 heavy (non-hydrogen) atoms. The lowest BCUT2D eigenvalue weighted by Crippen LogP contribution is -2.30. The van der Waals surface area contributed by atoms with Crippen LogP contribution in [-0.4, -0.2) is 18.1 Å². The third kappa shape index (κ3) is 0.856. The summed E-state index contributed by atoms with van der Waals surface area (Å²) in [5.41, 5.74) is 0. The number of oxime groups is 1. The number of ether oxygens (including phenoxy) is 1. The van der Waals surface area contributed by atoms with Crippen molar-refractivity contribution >= 4 is 5.90 Å². The summed E-state index contributed by atoms with van der Waals surface area (Å²) in [5.74, 6) is 0.670. The van der Waals surface area contributed by atoms with Crippen LogP contribution >= 0.6 is 0 Å². The van der Waals surface area contributed by atoms with Crippen molar-refractivity contribution in [1.82, 2.24) is 0 Å². The SMILES string of the molecule is CC1=NOC2CCCC2O1. The molecule has 2 unspecified atom stereocenters. The molecular weight excluding hydrogens is 130 g/mol. The molecule has 0 N–H and O–H groups in total. The smallest absolute Gasteiger partial charge is 0.222 e. The average Bonchev–Trinajstić information content (AvgIpc) is 2.33. The van der Waals surface area contributed by atoms with E-state index >= 15 is 0 Å². The topological polar surface area (TPSA) is 30.8 Å². The van der Waals surface area contributed by atoms with E-state index < -0.39 is 0 Å². The quantitative estimate of drug-likeness (QED) is 0.509. The van der Waals surface area contributed by atoms with Crippen molar-refractivity contribution in [2.75, 3.05) is 0 Å². The molecule has 0 aromatic carbocycles. The molecule has 2 rings (SSSR count). The number of fused-ring (bicyclic) bond motifs is 1. The summed E-state index contributed by atoms with van der Waals surface area (Å²) in [4.78, 5) is 5.18. The van der Waals surface area contributed by atoms with Gasteiger partial charge in [-0.25, -0.2) is 0 Å². The molecular formula is C7H11NO2. The fraction of sp³-hybridized carbons (Fsp3) is 0.857. The molecule has 1 saturated carbocycles. The van der Waals surface area contributed by atoms with Crippen LogP contribution in [0.5, 0.6) is 0 Å². The van der Waals surface area contributed by atoms with E-state index in [-0.39, 0.29) is 12.2 Å². The molecule has 2 atom stereocenters. The lowest BCUT2D eigenvalue weighted by atomic mass is 10.2. The van der Waals surface area contributed by atoms with Gasteiger partial charge in [0.2, 0.25) is 5.90 Å². The number of hydrogen-bond acceptors (Lipinski definition) is 3. The molecule has 3 heteroatoms. The number of nitrogens with zero attached hydrogens (tertiary/aromatic N) is 1. The van der Waals surface area contributed by atoms with Crippen LogP contribution < -0.4 is 0 Å². The zero-order valence-corrected chi connectivity index (χ0v) is 6.04. The van der Waals surface area contributed by atoms with Gasteiger partial charge in [-0.05, 0) is 19.3 Å². The molecule has 1 heterocycles. The Labute approximate surface area is 60.0 Å². The minimum atomic E-state index is 0.240. The summed E-state index contributed by atoms with van der Waals surface area (Å²) in [6.45, 7) is 1.83. The highest BCUT2D eigenvalue weighted by atomic mass is 16.7. The van der Waals surface area contributed by atoms with Crippen LogP contribution in [0.2, 0.25) is 0 Å². The molecule has 0 amide bonds. The summed E-state index contributed by atoms with van der Waals surface area (Å²) in [6.07, 6.45) is 3.96. The van der Waals surface area contributed by atoms with Crippen LogP contribution in [0.3, 0.4) is 0 Å². The van der Waals surface area contributed by atoms with Gasteiger partial charge in [-0.15, -0.1) is 0 Å². The van der Waals surface area contributed by atoms with Gasteiger partial charge in [0.25, 0.3) is 0 Å². The van der Waals surface area contributed by atoms with Crippen LogP contribution in [-0.2, 0) is 9.57 Å². The molecule has 1 aliphatic heterocycles. The number of hydrogen-bond donors (Lipinski definition) is 0. The van der Waals surface area contributed by atoms with Crippen molar-refractivity contribution < 1.29 is 9.57 Å². The lowest BCUT2D eigenvalue weighted by Gasteiger charge is -2.23. The van der Waals surface area contributed by atoms with E-state index in [0.29, 0.717) is 5.90 Å². The highest BCUT2D eigenvalue weighted by Crippen LogP contribution is 2.27. The van der Waals surface area contributed by atoms with Gasteiger partial charge in [0.15, 0.2) is 6.10 Å². The van der Waals surface area contributed by atoms with Crippen molar-refractivity contribution in [1.29, 1.82) is 0 Å². The van der Waals surface area contributed by atoms with Crippen molar-refractivity contribution in [3.05, 3.63) is 0 Å². The van der Waals surface area contributed by atoms with Crippen LogP contribution in [0.25, 0.3) is 0 Å². The maximum absolute atomic E-state index is 5.44. The molecule has 0 saturated heterocycles. The predicted molar refractivity (Wildman–Crippen MR) is 36.7 cm³/mol. The van der Waals surface area contributed by atoms with E-state index in [2.05, 4.69) is 5.16 Å². The van der Waals surface area contributed by atoms with Crippen molar-refractivity contribution in [2.24, 2.45) is 5.16 Å².